The van der Waals surface area contributed by atoms with Crippen LogP contribution in [-0.2, 0) is 10.8 Å². The number of benzene rings is 17. The van der Waals surface area contributed by atoms with Crippen LogP contribution < -0.4 is 26.2 Å². The minimum atomic E-state index is -0.424. The topological polar surface area (TPSA) is 48.9 Å². The lowest BCUT2D eigenvalue weighted by molar-refractivity contribution is 0.590. The maximum absolute atomic E-state index is 10.7. The van der Waals surface area contributed by atoms with E-state index in [0.717, 1.165) is 172 Å². The Morgan fingerprint density at radius 3 is 1.18 bits per heavy atom. The van der Waals surface area contributed by atoms with Gasteiger partial charge in [0.25, 0.3) is 6.71 Å². The molecule has 0 spiro atoms. The van der Waals surface area contributed by atoms with Gasteiger partial charge in [-0.25, -0.2) is 4.85 Å². The highest BCUT2D eigenvalue weighted by Gasteiger charge is 2.49. The number of nitriles is 1. The molecule has 2 aliphatic heterocycles. The van der Waals surface area contributed by atoms with Gasteiger partial charge in [-0.3, -0.25) is 0 Å². The van der Waals surface area contributed by atoms with Crippen LogP contribution in [0.1, 0.15) is 58.2 Å². The maximum atomic E-state index is 10.7. The van der Waals surface area contributed by atoms with Gasteiger partial charge in [-0.1, -0.05) is 254 Å². The van der Waals surface area contributed by atoms with Crippen molar-refractivity contribution in [3.63, 3.8) is 0 Å². The van der Waals surface area contributed by atoms with E-state index in [1.54, 1.807) is 0 Å². The van der Waals surface area contributed by atoms with Gasteiger partial charge in [-0.05, 0) is 193 Å². The Morgan fingerprint density at radius 2 is 0.721 bits per heavy atom. The number of hydrogen-bond donors (Lipinski definition) is 0. The zero-order valence-corrected chi connectivity index (χ0v) is 69.5. The molecule has 0 saturated carbocycles. The molecule has 8 heterocycles. The van der Waals surface area contributed by atoms with Crippen molar-refractivity contribution in [2.24, 2.45) is 0 Å². The Balaban J connectivity index is 0.915. The van der Waals surface area contributed by atoms with E-state index in [1.165, 1.54) is 67.7 Å². The lowest BCUT2D eigenvalue weighted by atomic mass is 9.33. The van der Waals surface area contributed by atoms with Gasteiger partial charge in [0, 0.05) is 123 Å². The summed E-state index contributed by atoms with van der Waals surface area (Å²) in [7, 11) is 0. The molecule has 23 aromatic rings. The van der Waals surface area contributed by atoms with Gasteiger partial charge < -0.3 is 23.3 Å². The predicted molar refractivity (Wildman–Crippen MR) is 520 cm³/mol. The summed E-state index contributed by atoms with van der Waals surface area (Å²) in [6.07, 6.45) is 0. The number of nitrogens with zero attached hydrogens (tertiary/aromatic N) is 7. The molecule has 0 radical (unpaired) electrons. The van der Waals surface area contributed by atoms with Crippen LogP contribution >= 0.6 is 22.7 Å². The van der Waals surface area contributed by atoms with Crippen LogP contribution in [0, 0.1) is 17.9 Å². The lowest BCUT2D eigenvalue weighted by Gasteiger charge is -2.46. The van der Waals surface area contributed by atoms with Crippen molar-refractivity contribution in [3.8, 4) is 62.0 Å². The van der Waals surface area contributed by atoms with Gasteiger partial charge in [-0.2, -0.15) is 5.26 Å². The fourth-order valence-corrected chi connectivity index (χ4v) is 23.2. The molecule has 10 heteroatoms. The van der Waals surface area contributed by atoms with Crippen molar-refractivity contribution < 1.29 is 0 Å². The Kier molecular flexibility index (Phi) is 14.9. The molecule has 17 aromatic carbocycles. The quantitative estimate of drug-likeness (QED) is 0.113. The fraction of sp³-hybridized carbons (Fsp3) is 0.0714. The fourth-order valence-electron chi connectivity index (χ4n) is 20.9. The van der Waals surface area contributed by atoms with Gasteiger partial charge in [0.2, 0.25) is 0 Å². The summed E-state index contributed by atoms with van der Waals surface area (Å²) >= 11 is 3.73. The van der Waals surface area contributed by atoms with E-state index < -0.39 is 6.71 Å². The second kappa shape index (κ2) is 25.9. The summed E-state index contributed by atoms with van der Waals surface area (Å²) < 4.78 is 12.5. The van der Waals surface area contributed by atoms with Gasteiger partial charge in [-0.15, -0.1) is 22.7 Å². The first-order chi connectivity index (χ1) is 59.7. The summed E-state index contributed by atoms with van der Waals surface area (Å²) in [5, 5.41) is 24.5. The normalized spacial score (nSPS) is 12.9. The summed E-state index contributed by atoms with van der Waals surface area (Å²) in [5.74, 6) is 0. The third kappa shape index (κ3) is 10.1. The largest absolute Gasteiger partial charge is 0.309 e. The van der Waals surface area contributed by atoms with Gasteiger partial charge in [0.1, 0.15) is 0 Å². The molecule has 0 atom stereocenters. The first-order valence-electron chi connectivity index (χ1n) is 42.0. The van der Waals surface area contributed by atoms with Crippen molar-refractivity contribution in [2.75, 3.05) is 9.80 Å². The lowest BCUT2D eigenvalue weighted by Crippen LogP contribution is -2.61. The van der Waals surface area contributed by atoms with Crippen molar-refractivity contribution >= 4 is 208 Å². The van der Waals surface area contributed by atoms with Crippen LogP contribution in [0.5, 0.6) is 0 Å². The van der Waals surface area contributed by atoms with E-state index in [4.69, 9.17) is 6.57 Å². The minimum Gasteiger partial charge on any atom is -0.309 e. The van der Waals surface area contributed by atoms with Crippen LogP contribution in [0.15, 0.2) is 340 Å². The zero-order valence-electron chi connectivity index (χ0n) is 67.9. The first-order valence-corrected chi connectivity index (χ1v) is 43.6. The first kappa shape index (κ1) is 70.3. The molecular weight excluding hydrogens is 1520 g/mol. The minimum absolute atomic E-state index is 0.299. The van der Waals surface area contributed by atoms with Gasteiger partial charge >= 0.3 is 0 Å². The summed E-state index contributed by atoms with van der Waals surface area (Å²) in [6, 6.07) is 131. The number of thiophene rings is 2. The Bertz CT molecular complexity index is 8110. The molecule has 572 valence electrons. The molecule has 6 aromatic heterocycles. The second-order valence-electron chi connectivity index (χ2n) is 35.2. The Labute approximate surface area is 713 Å². The summed E-state index contributed by atoms with van der Waals surface area (Å²) in [5.41, 5.74) is 31.5. The molecule has 0 N–H and O–H groups in total. The van der Waals surface area contributed by atoms with Gasteiger partial charge in [0.15, 0.2) is 5.69 Å². The molecule has 0 aliphatic carbocycles. The predicted octanol–water partition coefficient (Wildman–Crippen LogP) is 29.5. The number of fused-ring (bicyclic) bond motifs is 24. The molecule has 0 amide bonds. The average molecular weight is 1590 g/mol. The highest BCUT2D eigenvalue weighted by molar-refractivity contribution is 7.26. The van der Waals surface area contributed by atoms with Crippen LogP contribution in [0.3, 0.4) is 0 Å². The zero-order chi connectivity index (χ0) is 81.4. The molecule has 25 rings (SSSR count). The van der Waals surface area contributed by atoms with Crippen molar-refractivity contribution in [1.82, 2.24) is 13.5 Å². The number of rotatable bonds is 8. The van der Waals surface area contributed by atoms with Crippen LogP contribution in [0.2, 0.25) is 0 Å². The van der Waals surface area contributed by atoms with E-state index in [-0.39, 0.29) is 10.8 Å². The monoisotopic (exact) mass is 1590 g/mol. The number of aromatic nitrogens is 3. The molecule has 2 aliphatic rings. The highest BCUT2D eigenvalue weighted by atomic mass is 32.1. The molecule has 0 bridgehead atoms. The molecule has 0 saturated heterocycles. The molecule has 122 heavy (non-hydrogen) atoms. The SMILES string of the molecule is [C-]#[N+]c1ccc2c(c1)c1ccccc1n2-c1ccc2c(c1)N(c1c(-c3ccccc3)cc(C(C)(C)C)cc1-c1ccc3c(c1)sc1ccccc13)c1c3c(c4c5ccccc5n5c6ccccc6c1c45)N(c1c(-c4ccccc4)cc(C(C)(C)C)cc1-c1ccc4c(c1)sc1ccccc14)c1cc(-n4c5ccccc5c5cc(C#N)ccc54)ccc1B23. The molecular formula is C112H74BN7S2. The Hall–Kier alpha value is -14.8. The number of para-hydroxylation sites is 4. The maximum Gasteiger partial charge on any atom is 0.252 e. The molecule has 0 unspecified atom stereocenters. The standard InChI is InChI=1S/C112H74BN7S2/c1-111(2,3)70-57-83(66-26-10-8-11-27-66)106(85(59-70)68-43-48-79-77-32-18-24-40-99(77)121-101(79)55-68)119-97-62-73(116-91-36-20-14-30-75(91)87-54-65(64-114)42-52-95(87)116)46-50-89(97)113-90-51-47-74(117-92-37-21-15-31-76(92)88-61-72(115-7)45-53-96(88)117)63-98(90)120(110-104-82-35-17-23-39-94(82)118-93-38-22-16-34-81(93)103(108(104)118)109(119)105(110)113)107-84(67-28-12-9-13-29-67)58-71(112(4,5)6)60-86(107)69-44-49-80-78-33-19-25-41-100(78)122-102(80)56-69/h8-63H,1-6H3. The van der Waals surface area contributed by atoms with Crippen LogP contribution in [-0.4, -0.2) is 20.2 Å². The van der Waals surface area contributed by atoms with Gasteiger partial charge in [0.05, 0.1) is 79.6 Å². The van der Waals surface area contributed by atoms with E-state index in [1.807, 2.05) is 34.8 Å². The second-order valence-corrected chi connectivity index (χ2v) is 37.4. The third-order valence-electron chi connectivity index (χ3n) is 26.4. The van der Waals surface area contributed by atoms with E-state index in [2.05, 4.69) is 403 Å². The summed E-state index contributed by atoms with van der Waals surface area (Å²) in [4.78, 5) is 9.62. The third-order valence-corrected chi connectivity index (χ3v) is 28.7. The molecule has 0 fully saturated rings. The van der Waals surface area contributed by atoms with Crippen LogP contribution in [0.4, 0.5) is 39.8 Å². The number of hydrogen-bond acceptors (Lipinski definition) is 5. The van der Waals surface area contributed by atoms with Crippen molar-refractivity contribution in [3.05, 3.63) is 368 Å². The Morgan fingerprint density at radius 1 is 0.328 bits per heavy atom. The van der Waals surface area contributed by atoms with Crippen molar-refractivity contribution in [1.29, 1.82) is 5.26 Å². The average Bonchev–Trinajstić information content (AvgIpc) is 1.44. The summed E-state index contributed by atoms with van der Waals surface area (Å²) in [6.45, 7) is 22.1. The molecule has 7 nitrogen and oxygen atoms in total. The van der Waals surface area contributed by atoms with E-state index >= 15 is 0 Å². The van der Waals surface area contributed by atoms with Crippen molar-refractivity contribution in [2.45, 2.75) is 52.4 Å². The highest BCUT2D eigenvalue weighted by Crippen LogP contribution is 2.61. The van der Waals surface area contributed by atoms with E-state index in [9.17, 15) is 5.26 Å². The number of anilines is 6. The van der Waals surface area contributed by atoms with Crippen LogP contribution in [0.25, 0.3) is 183 Å². The smallest absolute Gasteiger partial charge is 0.252 e. The van der Waals surface area contributed by atoms with E-state index in [0.29, 0.717) is 11.3 Å².